The maximum Gasteiger partial charge on any atom is 0.219 e. The van der Waals surface area contributed by atoms with Crippen LogP contribution in [0.25, 0.3) is 0 Å². The van der Waals surface area contributed by atoms with Gasteiger partial charge in [-0.05, 0) is 64.7 Å². The van der Waals surface area contributed by atoms with Crippen molar-refractivity contribution in [3.63, 3.8) is 0 Å². The van der Waals surface area contributed by atoms with Gasteiger partial charge < -0.3 is 15.1 Å². The minimum Gasteiger partial charge on any atom is -0.343 e. The Bertz CT molecular complexity index is 279. The number of hydrogen-bond donors (Lipinski definition) is 1. The first-order valence-electron chi connectivity index (χ1n) is 7.82. The number of carbonyl (C=O) groups excluding carboxylic acids is 1. The van der Waals surface area contributed by atoms with Crippen molar-refractivity contribution in [2.24, 2.45) is 5.92 Å². The lowest BCUT2D eigenvalue weighted by Gasteiger charge is -2.33. The summed E-state index contributed by atoms with van der Waals surface area (Å²) in [5.41, 5.74) is 0. The number of hydrogen-bond acceptors (Lipinski definition) is 3. The van der Waals surface area contributed by atoms with Crippen LogP contribution >= 0.6 is 0 Å². The third kappa shape index (κ3) is 4.77. The number of carbonyl (C=O) groups is 1. The summed E-state index contributed by atoms with van der Waals surface area (Å²) in [7, 11) is 2.22. The lowest BCUT2D eigenvalue weighted by atomic mass is 9.93. The van der Waals surface area contributed by atoms with Crippen molar-refractivity contribution in [2.75, 3.05) is 39.8 Å². The molecule has 0 aromatic heterocycles. The van der Waals surface area contributed by atoms with Crippen molar-refractivity contribution in [1.29, 1.82) is 0 Å². The zero-order chi connectivity index (χ0) is 13.7. The molecule has 4 nitrogen and oxygen atoms in total. The number of nitrogens with zero attached hydrogens (tertiary/aromatic N) is 2. The molecule has 4 heteroatoms. The molecule has 0 spiro atoms. The predicted molar refractivity (Wildman–Crippen MR) is 78.1 cm³/mol. The van der Waals surface area contributed by atoms with Crippen LogP contribution < -0.4 is 5.32 Å². The molecule has 110 valence electrons. The van der Waals surface area contributed by atoms with Gasteiger partial charge >= 0.3 is 0 Å². The van der Waals surface area contributed by atoms with E-state index in [1.807, 2.05) is 4.90 Å². The number of rotatable bonds is 4. The molecule has 0 saturated carbocycles. The molecule has 0 aliphatic carbocycles. The lowest BCUT2D eigenvalue weighted by molar-refractivity contribution is -0.129. The van der Waals surface area contributed by atoms with E-state index in [9.17, 15) is 4.79 Å². The first-order valence-corrected chi connectivity index (χ1v) is 7.82. The highest BCUT2D eigenvalue weighted by atomic mass is 16.2. The quantitative estimate of drug-likeness (QED) is 0.834. The fraction of sp³-hybridized carbons (Fsp3) is 0.933. The summed E-state index contributed by atoms with van der Waals surface area (Å²) in [4.78, 5) is 15.7. The fourth-order valence-electron chi connectivity index (χ4n) is 3.24. The van der Waals surface area contributed by atoms with Gasteiger partial charge in [-0.1, -0.05) is 0 Å². The summed E-state index contributed by atoms with van der Waals surface area (Å²) in [5, 5.41) is 3.69. The van der Waals surface area contributed by atoms with E-state index in [1.54, 1.807) is 6.92 Å². The molecule has 0 unspecified atom stereocenters. The van der Waals surface area contributed by atoms with Crippen LogP contribution in [0.3, 0.4) is 0 Å². The maximum absolute atomic E-state index is 11.3. The SMILES string of the molecule is CC(=O)N1CCC(NCCC2CCN(C)CC2)CC1. The van der Waals surface area contributed by atoms with Crippen molar-refractivity contribution in [1.82, 2.24) is 15.1 Å². The van der Waals surface area contributed by atoms with Gasteiger partial charge in [-0.25, -0.2) is 0 Å². The maximum atomic E-state index is 11.3. The summed E-state index contributed by atoms with van der Waals surface area (Å²) in [6, 6.07) is 0.627. The number of nitrogens with one attached hydrogen (secondary N) is 1. The second kappa shape index (κ2) is 7.25. The average molecular weight is 267 g/mol. The van der Waals surface area contributed by atoms with Gasteiger partial charge in [-0.2, -0.15) is 0 Å². The van der Waals surface area contributed by atoms with Crippen molar-refractivity contribution in [2.45, 2.75) is 45.1 Å². The topological polar surface area (TPSA) is 35.6 Å². The van der Waals surface area contributed by atoms with Crippen molar-refractivity contribution in [3.05, 3.63) is 0 Å². The molecule has 2 rings (SSSR count). The molecule has 0 radical (unpaired) electrons. The fourth-order valence-corrected chi connectivity index (χ4v) is 3.24. The molecule has 0 aromatic carbocycles. The first kappa shape index (κ1) is 14.8. The van der Waals surface area contributed by atoms with E-state index in [-0.39, 0.29) is 5.91 Å². The van der Waals surface area contributed by atoms with E-state index in [2.05, 4.69) is 17.3 Å². The van der Waals surface area contributed by atoms with Gasteiger partial charge in [-0.15, -0.1) is 0 Å². The van der Waals surface area contributed by atoms with E-state index >= 15 is 0 Å². The van der Waals surface area contributed by atoms with Gasteiger partial charge in [0.2, 0.25) is 5.91 Å². The standard InChI is InChI=1S/C15H29N3O/c1-13(19)18-11-6-15(7-12-18)16-8-3-14-4-9-17(2)10-5-14/h14-16H,3-12H2,1-2H3. The normalized spacial score (nSPS) is 23.8. The summed E-state index contributed by atoms with van der Waals surface area (Å²) in [6.45, 7) is 7.22. The third-order valence-corrected chi connectivity index (χ3v) is 4.76. The molecule has 0 aromatic rings. The third-order valence-electron chi connectivity index (χ3n) is 4.76. The molecule has 19 heavy (non-hydrogen) atoms. The molecular formula is C15H29N3O. The number of amides is 1. The molecule has 2 saturated heterocycles. The van der Waals surface area contributed by atoms with Crippen molar-refractivity contribution >= 4 is 5.91 Å². The van der Waals surface area contributed by atoms with Gasteiger partial charge in [0, 0.05) is 26.1 Å². The molecule has 2 fully saturated rings. The zero-order valence-corrected chi connectivity index (χ0v) is 12.5. The molecule has 0 atom stereocenters. The number of likely N-dealkylation sites (tertiary alicyclic amines) is 2. The van der Waals surface area contributed by atoms with E-state index in [0.717, 1.165) is 38.4 Å². The Morgan fingerprint density at radius 2 is 1.74 bits per heavy atom. The van der Waals surface area contributed by atoms with Gasteiger partial charge in [0.25, 0.3) is 0 Å². The van der Waals surface area contributed by atoms with Crippen molar-refractivity contribution < 1.29 is 4.79 Å². The van der Waals surface area contributed by atoms with E-state index in [4.69, 9.17) is 0 Å². The lowest BCUT2D eigenvalue weighted by Crippen LogP contribution is -2.44. The molecule has 2 aliphatic rings. The van der Waals surface area contributed by atoms with Crippen LogP contribution in [0.2, 0.25) is 0 Å². The van der Waals surface area contributed by atoms with Crippen LogP contribution in [0.4, 0.5) is 0 Å². The monoisotopic (exact) mass is 267 g/mol. The Morgan fingerprint density at radius 3 is 2.32 bits per heavy atom. The van der Waals surface area contributed by atoms with Crippen LogP contribution in [-0.2, 0) is 4.79 Å². The molecule has 2 aliphatic heterocycles. The summed E-state index contributed by atoms with van der Waals surface area (Å²) in [6.07, 6.45) is 6.28. The minimum absolute atomic E-state index is 0.227. The second-order valence-corrected chi connectivity index (χ2v) is 6.27. The molecular weight excluding hydrogens is 238 g/mol. The molecule has 1 amide bonds. The summed E-state index contributed by atoms with van der Waals surface area (Å²) < 4.78 is 0. The van der Waals surface area contributed by atoms with Crippen LogP contribution in [0.5, 0.6) is 0 Å². The highest BCUT2D eigenvalue weighted by Crippen LogP contribution is 2.19. The van der Waals surface area contributed by atoms with Gasteiger partial charge in [-0.3, -0.25) is 4.79 Å². The molecule has 1 N–H and O–H groups in total. The molecule has 2 heterocycles. The van der Waals surface area contributed by atoms with Crippen LogP contribution in [0.15, 0.2) is 0 Å². The zero-order valence-electron chi connectivity index (χ0n) is 12.5. The van der Waals surface area contributed by atoms with E-state index < -0.39 is 0 Å². The van der Waals surface area contributed by atoms with Gasteiger partial charge in [0.05, 0.1) is 0 Å². The predicted octanol–water partition coefficient (Wildman–Crippen LogP) is 1.32. The largest absolute Gasteiger partial charge is 0.343 e. The van der Waals surface area contributed by atoms with Crippen molar-refractivity contribution in [3.8, 4) is 0 Å². The second-order valence-electron chi connectivity index (χ2n) is 6.27. The number of piperidine rings is 2. The summed E-state index contributed by atoms with van der Waals surface area (Å²) >= 11 is 0. The Hall–Kier alpha value is -0.610. The average Bonchev–Trinajstić information content (AvgIpc) is 2.41. The van der Waals surface area contributed by atoms with E-state index in [0.29, 0.717) is 6.04 Å². The Labute approximate surface area is 117 Å². The smallest absolute Gasteiger partial charge is 0.219 e. The van der Waals surface area contributed by atoms with Crippen LogP contribution in [0.1, 0.15) is 39.0 Å². The highest BCUT2D eigenvalue weighted by Gasteiger charge is 2.21. The van der Waals surface area contributed by atoms with Gasteiger partial charge in [0.15, 0.2) is 0 Å². The minimum atomic E-state index is 0.227. The van der Waals surface area contributed by atoms with Crippen LogP contribution in [-0.4, -0.2) is 61.5 Å². The molecule has 0 bridgehead atoms. The highest BCUT2D eigenvalue weighted by molar-refractivity contribution is 5.73. The van der Waals surface area contributed by atoms with Crippen LogP contribution in [0, 0.1) is 5.92 Å². The van der Waals surface area contributed by atoms with E-state index in [1.165, 1.54) is 32.4 Å². The van der Waals surface area contributed by atoms with Gasteiger partial charge in [0.1, 0.15) is 0 Å². The Kier molecular flexibility index (Phi) is 5.64. The Morgan fingerprint density at radius 1 is 1.11 bits per heavy atom. The summed E-state index contributed by atoms with van der Waals surface area (Å²) in [5.74, 6) is 1.14. The Balaban J connectivity index is 1.56. The first-order chi connectivity index (χ1) is 9.15.